The smallest absolute Gasteiger partial charge is 0.231 e. The Morgan fingerprint density at radius 2 is 2.11 bits per heavy atom. The van der Waals surface area contributed by atoms with Crippen molar-refractivity contribution < 1.29 is 0 Å². The van der Waals surface area contributed by atoms with Crippen LogP contribution in [-0.4, -0.2) is 16.5 Å². The van der Waals surface area contributed by atoms with Crippen molar-refractivity contribution in [3.8, 4) is 0 Å². The van der Waals surface area contributed by atoms with Crippen LogP contribution in [0.3, 0.4) is 0 Å². The quantitative estimate of drug-likeness (QED) is 0.831. The molecule has 0 amide bonds. The largest absolute Gasteiger partial charge is 0.384 e. The maximum atomic E-state index is 5.74. The summed E-state index contributed by atoms with van der Waals surface area (Å²) in [6, 6.07) is 10.1. The first-order valence-electron chi connectivity index (χ1n) is 6.18. The molecule has 3 rings (SSSR count). The van der Waals surface area contributed by atoms with Gasteiger partial charge in [0, 0.05) is 18.4 Å². The van der Waals surface area contributed by atoms with Gasteiger partial charge >= 0.3 is 0 Å². The molecule has 18 heavy (non-hydrogen) atoms. The number of rotatable bonds is 1. The summed E-state index contributed by atoms with van der Waals surface area (Å²) in [5.74, 6) is 1.79. The third-order valence-electron chi connectivity index (χ3n) is 3.25. The third kappa shape index (κ3) is 1.90. The van der Waals surface area contributed by atoms with Crippen molar-refractivity contribution in [1.82, 2.24) is 9.97 Å². The van der Waals surface area contributed by atoms with E-state index in [-0.39, 0.29) is 0 Å². The molecule has 4 nitrogen and oxygen atoms in total. The molecule has 0 aliphatic carbocycles. The molecule has 1 aromatic carbocycles. The minimum atomic E-state index is 0.510. The first-order valence-corrected chi connectivity index (χ1v) is 6.18. The predicted molar refractivity (Wildman–Crippen MR) is 72.8 cm³/mol. The van der Waals surface area contributed by atoms with Gasteiger partial charge in [0.1, 0.15) is 5.82 Å². The molecule has 2 N–H and O–H groups in total. The van der Waals surface area contributed by atoms with Gasteiger partial charge in [-0.2, -0.15) is 4.98 Å². The predicted octanol–water partition coefficient (Wildman–Crippen LogP) is 2.39. The second kappa shape index (κ2) is 4.29. The van der Waals surface area contributed by atoms with Crippen molar-refractivity contribution in [2.75, 3.05) is 17.2 Å². The molecule has 2 aromatic rings. The number of nitrogen functional groups attached to an aromatic ring is 1. The number of hydrogen-bond donors (Lipinski definition) is 1. The Labute approximate surface area is 106 Å². The lowest BCUT2D eigenvalue weighted by molar-refractivity contribution is 0.557. The summed E-state index contributed by atoms with van der Waals surface area (Å²) in [6.07, 6.45) is 2.81. The van der Waals surface area contributed by atoms with Crippen molar-refractivity contribution in [3.63, 3.8) is 0 Å². The molecule has 1 aliphatic rings. The molecule has 4 heteroatoms. The Bertz CT molecular complexity index is 567. The van der Waals surface area contributed by atoms with Gasteiger partial charge in [0.05, 0.1) is 0 Å². The number of hydrogen-bond acceptors (Lipinski definition) is 4. The fourth-order valence-corrected chi connectivity index (χ4v) is 2.48. The topological polar surface area (TPSA) is 55.0 Å². The molecule has 0 spiro atoms. The number of fused-ring (bicyclic) bond motifs is 1. The standard InChI is InChI=1S/C14H16N4/c1-10-8-11-4-2-3-5-12(11)18(9-10)14-16-7-6-13(15)17-14/h2-7,10H,8-9H2,1H3,(H2,15,16,17). The molecule has 0 radical (unpaired) electrons. The molecule has 0 fully saturated rings. The number of para-hydroxylation sites is 1. The van der Waals surface area contributed by atoms with Crippen LogP contribution >= 0.6 is 0 Å². The van der Waals surface area contributed by atoms with Gasteiger partial charge in [-0.25, -0.2) is 4.98 Å². The molecular weight excluding hydrogens is 224 g/mol. The molecule has 1 unspecified atom stereocenters. The number of aromatic nitrogens is 2. The Hall–Kier alpha value is -2.10. The number of nitrogens with zero attached hydrogens (tertiary/aromatic N) is 3. The van der Waals surface area contributed by atoms with Gasteiger partial charge < -0.3 is 10.6 Å². The van der Waals surface area contributed by atoms with Crippen LogP contribution in [0.5, 0.6) is 0 Å². The Morgan fingerprint density at radius 1 is 1.28 bits per heavy atom. The summed E-state index contributed by atoms with van der Waals surface area (Å²) in [7, 11) is 0. The van der Waals surface area contributed by atoms with Gasteiger partial charge in [-0.1, -0.05) is 25.1 Å². The van der Waals surface area contributed by atoms with Crippen molar-refractivity contribution in [2.45, 2.75) is 13.3 Å². The van der Waals surface area contributed by atoms with E-state index in [0.29, 0.717) is 17.7 Å². The van der Waals surface area contributed by atoms with E-state index < -0.39 is 0 Å². The lowest BCUT2D eigenvalue weighted by Gasteiger charge is -2.33. The molecule has 2 heterocycles. The zero-order chi connectivity index (χ0) is 12.5. The second-order valence-corrected chi connectivity index (χ2v) is 4.83. The van der Waals surface area contributed by atoms with E-state index in [4.69, 9.17) is 5.73 Å². The zero-order valence-corrected chi connectivity index (χ0v) is 10.4. The van der Waals surface area contributed by atoms with Crippen LogP contribution in [0.2, 0.25) is 0 Å². The highest BCUT2D eigenvalue weighted by Gasteiger charge is 2.24. The lowest BCUT2D eigenvalue weighted by Crippen LogP contribution is -2.31. The summed E-state index contributed by atoms with van der Waals surface area (Å²) >= 11 is 0. The van der Waals surface area contributed by atoms with E-state index in [0.717, 1.165) is 13.0 Å². The van der Waals surface area contributed by atoms with Crippen molar-refractivity contribution in [2.24, 2.45) is 5.92 Å². The third-order valence-corrected chi connectivity index (χ3v) is 3.25. The van der Waals surface area contributed by atoms with Crippen molar-refractivity contribution >= 4 is 17.5 Å². The maximum Gasteiger partial charge on any atom is 0.231 e. The van der Waals surface area contributed by atoms with Gasteiger partial charge in [0.2, 0.25) is 5.95 Å². The van der Waals surface area contributed by atoms with E-state index in [1.807, 2.05) is 6.07 Å². The van der Waals surface area contributed by atoms with E-state index in [9.17, 15) is 0 Å². The van der Waals surface area contributed by atoms with Crippen LogP contribution in [0.1, 0.15) is 12.5 Å². The monoisotopic (exact) mass is 240 g/mol. The van der Waals surface area contributed by atoms with Crippen LogP contribution in [0.25, 0.3) is 0 Å². The normalized spacial score (nSPS) is 18.5. The summed E-state index contributed by atoms with van der Waals surface area (Å²) in [5.41, 5.74) is 8.29. The molecule has 1 atom stereocenters. The van der Waals surface area contributed by atoms with E-state index in [1.165, 1.54) is 11.3 Å². The highest BCUT2D eigenvalue weighted by atomic mass is 15.3. The zero-order valence-electron chi connectivity index (χ0n) is 10.4. The van der Waals surface area contributed by atoms with Gasteiger partial charge in [0.25, 0.3) is 0 Å². The fourth-order valence-electron chi connectivity index (χ4n) is 2.48. The molecule has 0 saturated heterocycles. The molecular formula is C14H16N4. The fraction of sp³-hybridized carbons (Fsp3) is 0.286. The molecule has 0 saturated carbocycles. The Balaban J connectivity index is 2.07. The summed E-state index contributed by atoms with van der Waals surface area (Å²) < 4.78 is 0. The van der Waals surface area contributed by atoms with E-state index in [2.05, 4.69) is 40.0 Å². The number of nitrogens with two attached hydrogens (primary N) is 1. The highest BCUT2D eigenvalue weighted by Crippen LogP contribution is 2.33. The Kier molecular flexibility index (Phi) is 2.63. The summed E-state index contributed by atoms with van der Waals surface area (Å²) in [5, 5.41) is 0. The molecule has 0 bridgehead atoms. The molecule has 92 valence electrons. The van der Waals surface area contributed by atoms with Gasteiger partial charge in [-0.3, -0.25) is 0 Å². The van der Waals surface area contributed by atoms with Gasteiger partial charge in [-0.15, -0.1) is 0 Å². The average molecular weight is 240 g/mol. The first kappa shape index (κ1) is 11.0. The maximum absolute atomic E-state index is 5.74. The lowest BCUT2D eigenvalue weighted by atomic mass is 9.94. The molecule has 1 aromatic heterocycles. The summed E-state index contributed by atoms with van der Waals surface area (Å²) in [4.78, 5) is 10.8. The minimum Gasteiger partial charge on any atom is -0.384 e. The van der Waals surface area contributed by atoms with Crippen LogP contribution in [0, 0.1) is 5.92 Å². The van der Waals surface area contributed by atoms with Crippen LogP contribution in [-0.2, 0) is 6.42 Å². The Morgan fingerprint density at radius 3 is 2.94 bits per heavy atom. The van der Waals surface area contributed by atoms with Crippen LogP contribution < -0.4 is 10.6 Å². The second-order valence-electron chi connectivity index (χ2n) is 4.83. The highest BCUT2D eigenvalue weighted by molar-refractivity contribution is 5.64. The average Bonchev–Trinajstić information content (AvgIpc) is 2.37. The number of anilines is 3. The van der Waals surface area contributed by atoms with Gasteiger partial charge in [-0.05, 0) is 30.0 Å². The van der Waals surface area contributed by atoms with E-state index in [1.54, 1.807) is 12.3 Å². The van der Waals surface area contributed by atoms with E-state index >= 15 is 0 Å². The van der Waals surface area contributed by atoms with Crippen LogP contribution in [0.15, 0.2) is 36.5 Å². The van der Waals surface area contributed by atoms with Crippen molar-refractivity contribution in [1.29, 1.82) is 0 Å². The van der Waals surface area contributed by atoms with Crippen LogP contribution in [0.4, 0.5) is 17.5 Å². The van der Waals surface area contributed by atoms with Gasteiger partial charge in [0.15, 0.2) is 0 Å². The summed E-state index contributed by atoms with van der Waals surface area (Å²) in [6.45, 7) is 3.18. The minimum absolute atomic E-state index is 0.510. The van der Waals surface area contributed by atoms with Crippen molar-refractivity contribution in [3.05, 3.63) is 42.1 Å². The first-order chi connectivity index (χ1) is 8.74. The molecule has 1 aliphatic heterocycles. The SMILES string of the molecule is CC1Cc2ccccc2N(c2nccc(N)n2)C1. The number of benzene rings is 1.